The third kappa shape index (κ3) is 6.18. The molecule has 2 aromatic rings. The van der Waals surface area contributed by atoms with Crippen molar-refractivity contribution in [3.8, 4) is 11.6 Å². The Bertz CT molecular complexity index is 1470. The Labute approximate surface area is 240 Å². The number of nitrogens with zero attached hydrogens (tertiary/aromatic N) is 2. The molecule has 0 amide bonds. The molecule has 0 radical (unpaired) electrons. The maximum absolute atomic E-state index is 13.3. The summed E-state index contributed by atoms with van der Waals surface area (Å²) in [6, 6.07) is 8.03. The summed E-state index contributed by atoms with van der Waals surface area (Å²) in [4.78, 5) is 4.57. The van der Waals surface area contributed by atoms with Crippen molar-refractivity contribution >= 4 is 25.5 Å². The Morgan fingerprint density at radius 3 is 2.76 bits per heavy atom. The van der Waals surface area contributed by atoms with Crippen molar-refractivity contribution in [1.82, 2.24) is 14.6 Å². The van der Waals surface area contributed by atoms with E-state index in [1.165, 1.54) is 16.6 Å². The van der Waals surface area contributed by atoms with Crippen LogP contribution >= 0.6 is 0 Å². The summed E-state index contributed by atoms with van der Waals surface area (Å²) in [7, 11) is -7.00. The van der Waals surface area contributed by atoms with E-state index in [-0.39, 0.29) is 34.2 Å². The fraction of sp³-hybridized carbons (Fsp3) is 0.593. The summed E-state index contributed by atoms with van der Waals surface area (Å²) in [5.74, 6) is 0.822. The number of benzene rings is 1. The molecule has 41 heavy (non-hydrogen) atoms. The number of ether oxygens (including phenoxy) is 3. The number of aliphatic hydroxyl groups excluding tert-OH is 1. The summed E-state index contributed by atoms with van der Waals surface area (Å²) >= 11 is 0. The Hall–Kier alpha value is -2.49. The van der Waals surface area contributed by atoms with Crippen molar-refractivity contribution in [2.75, 3.05) is 51.3 Å². The van der Waals surface area contributed by atoms with Crippen LogP contribution in [0.2, 0.25) is 0 Å². The molecule has 224 valence electrons. The van der Waals surface area contributed by atoms with Crippen molar-refractivity contribution in [2.24, 2.45) is 0 Å². The number of sulfonamides is 1. The highest BCUT2D eigenvalue weighted by molar-refractivity contribution is 7.92. The number of anilines is 1. The fourth-order valence-electron chi connectivity index (χ4n) is 5.62. The molecule has 0 bridgehead atoms. The average Bonchev–Trinajstić information content (AvgIpc) is 3.78. The molecule has 4 aliphatic rings. The topological polar surface area (TPSA) is 156 Å². The van der Waals surface area contributed by atoms with Crippen LogP contribution in [-0.2, 0) is 24.6 Å². The molecule has 6 rings (SSSR count). The highest BCUT2D eigenvalue weighted by Gasteiger charge is 2.45. The molecule has 12 nitrogen and oxygen atoms in total. The molecule has 1 aromatic carbocycles. The van der Waals surface area contributed by atoms with Gasteiger partial charge in [-0.05, 0) is 56.4 Å². The van der Waals surface area contributed by atoms with Crippen LogP contribution in [0, 0.1) is 0 Å². The molecule has 4 heterocycles. The van der Waals surface area contributed by atoms with Gasteiger partial charge < -0.3 is 30.0 Å². The quantitative estimate of drug-likeness (QED) is 0.356. The normalized spacial score (nSPS) is 23.4. The van der Waals surface area contributed by atoms with Crippen molar-refractivity contribution in [2.45, 2.75) is 64.9 Å². The van der Waals surface area contributed by atoms with Crippen LogP contribution in [0.25, 0.3) is 0 Å². The number of sulfone groups is 1. The van der Waals surface area contributed by atoms with Gasteiger partial charge in [0.05, 0.1) is 34.2 Å². The number of piperidine rings is 1. The molecule has 3 aliphatic heterocycles. The van der Waals surface area contributed by atoms with E-state index in [2.05, 4.69) is 15.6 Å². The minimum Gasteiger partial charge on any atom is -0.491 e. The lowest BCUT2D eigenvalue weighted by Gasteiger charge is -2.38. The minimum absolute atomic E-state index is 0.0185. The largest absolute Gasteiger partial charge is 0.491 e. The van der Waals surface area contributed by atoms with Crippen LogP contribution in [0.3, 0.4) is 0 Å². The zero-order valence-corrected chi connectivity index (χ0v) is 24.3. The van der Waals surface area contributed by atoms with E-state index >= 15 is 0 Å². The summed E-state index contributed by atoms with van der Waals surface area (Å²) in [6.45, 7) is 2.57. The third-order valence-electron chi connectivity index (χ3n) is 8.14. The van der Waals surface area contributed by atoms with Crippen molar-refractivity contribution in [3.05, 3.63) is 36.5 Å². The second-order valence-corrected chi connectivity index (χ2v) is 15.4. The first-order chi connectivity index (χ1) is 19.6. The lowest BCUT2D eigenvalue weighted by atomic mass is 9.88. The van der Waals surface area contributed by atoms with Crippen LogP contribution in [0.15, 0.2) is 46.3 Å². The van der Waals surface area contributed by atoms with Gasteiger partial charge in [0.2, 0.25) is 15.9 Å². The number of rotatable bonds is 10. The van der Waals surface area contributed by atoms with Gasteiger partial charge in [-0.25, -0.2) is 21.8 Å². The number of fused-ring (bicyclic) bond motifs is 1. The zero-order chi connectivity index (χ0) is 28.7. The van der Waals surface area contributed by atoms with E-state index < -0.39 is 31.6 Å². The van der Waals surface area contributed by atoms with Gasteiger partial charge in [0.15, 0.2) is 9.84 Å². The molecule has 1 aromatic heterocycles. The second kappa shape index (κ2) is 11.3. The number of aliphatic hydroxyl groups is 1. The van der Waals surface area contributed by atoms with E-state index in [1.807, 2.05) is 0 Å². The lowest BCUT2D eigenvalue weighted by molar-refractivity contribution is -0.0312. The molecule has 1 aliphatic carbocycles. The van der Waals surface area contributed by atoms with Crippen molar-refractivity contribution in [3.63, 3.8) is 0 Å². The zero-order valence-electron chi connectivity index (χ0n) is 22.7. The van der Waals surface area contributed by atoms with Gasteiger partial charge in [-0.3, -0.25) is 0 Å². The summed E-state index contributed by atoms with van der Waals surface area (Å²) in [5, 5.41) is 16.6. The smallest absolute Gasteiger partial charge is 0.244 e. The first kappa shape index (κ1) is 28.6. The summed E-state index contributed by atoms with van der Waals surface area (Å²) < 4.78 is 70.3. The van der Waals surface area contributed by atoms with E-state index in [4.69, 9.17) is 14.2 Å². The van der Waals surface area contributed by atoms with Gasteiger partial charge in [0.25, 0.3) is 0 Å². The molecular weight excluding hydrogens is 572 g/mol. The van der Waals surface area contributed by atoms with E-state index in [0.717, 1.165) is 6.42 Å². The molecule has 2 unspecified atom stereocenters. The number of hydrogen-bond donors (Lipinski definition) is 3. The predicted octanol–water partition coefficient (Wildman–Crippen LogP) is 1.16. The van der Waals surface area contributed by atoms with E-state index in [9.17, 15) is 21.9 Å². The van der Waals surface area contributed by atoms with Gasteiger partial charge >= 0.3 is 0 Å². The molecule has 3 fully saturated rings. The Balaban J connectivity index is 0.961. The molecular formula is C27H36N4O8S2. The highest BCUT2D eigenvalue weighted by atomic mass is 32.2. The Kier molecular flexibility index (Phi) is 7.89. The number of pyridine rings is 1. The van der Waals surface area contributed by atoms with Gasteiger partial charge in [0.1, 0.15) is 30.0 Å². The monoisotopic (exact) mass is 608 g/mol. The molecule has 3 N–H and O–H groups in total. The highest BCUT2D eigenvalue weighted by Crippen LogP contribution is 2.38. The minimum atomic E-state index is -3.69. The SMILES string of the molecule is O=S(=O)(c1cccc(OCC(O)CNC2COC3(CCN(S(=O)(=O)c4cnc5c(c4)NCCO5)CC3)C2)c1)C1CC1. The standard InChI is InChI=1S/C27H36N4O8S2/c32-20(18-38-21-2-1-3-23(12-21)40(33,34)22-4-5-22)15-29-19-14-27(39-17-19)6-9-31(10-7-27)41(35,36)24-13-25-26(30-16-24)37-11-8-28-25/h1-3,12-13,16,19-20,22,28-29,32H,4-11,14-15,17-18H2. The predicted molar refractivity (Wildman–Crippen MR) is 149 cm³/mol. The molecule has 2 atom stereocenters. The maximum atomic E-state index is 13.3. The Morgan fingerprint density at radius 2 is 1.98 bits per heavy atom. The van der Waals surface area contributed by atoms with Gasteiger partial charge in [0, 0.05) is 32.2 Å². The molecule has 1 saturated carbocycles. The lowest BCUT2D eigenvalue weighted by Crippen LogP contribution is -2.47. The first-order valence-electron chi connectivity index (χ1n) is 14.0. The number of nitrogens with one attached hydrogen (secondary N) is 2. The van der Waals surface area contributed by atoms with Gasteiger partial charge in [-0.15, -0.1) is 0 Å². The van der Waals surface area contributed by atoms with Crippen molar-refractivity contribution in [1.29, 1.82) is 0 Å². The summed E-state index contributed by atoms with van der Waals surface area (Å²) in [6.07, 6.45) is 3.82. The van der Waals surface area contributed by atoms with Crippen LogP contribution in [-0.4, -0.2) is 100 Å². The molecule has 2 saturated heterocycles. The fourth-order valence-corrected chi connectivity index (χ4v) is 8.73. The molecule has 14 heteroatoms. The van der Waals surface area contributed by atoms with Crippen LogP contribution < -0.4 is 20.1 Å². The first-order valence-corrected chi connectivity index (χ1v) is 17.0. The Morgan fingerprint density at radius 1 is 1.17 bits per heavy atom. The number of hydrogen-bond acceptors (Lipinski definition) is 11. The van der Waals surface area contributed by atoms with E-state index in [1.54, 1.807) is 24.3 Å². The van der Waals surface area contributed by atoms with Crippen LogP contribution in [0.5, 0.6) is 11.6 Å². The van der Waals surface area contributed by atoms with Crippen LogP contribution in [0.1, 0.15) is 32.1 Å². The maximum Gasteiger partial charge on any atom is 0.244 e. The van der Waals surface area contributed by atoms with Gasteiger partial charge in [-0.2, -0.15) is 4.31 Å². The summed E-state index contributed by atoms with van der Waals surface area (Å²) in [5.41, 5.74) is 0.184. The van der Waals surface area contributed by atoms with Gasteiger partial charge in [-0.1, -0.05) is 6.07 Å². The second-order valence-electron chi connectivity index (χ2n) is 11.2. The molecule has 1 spiro atoms. The van der Waals surface area contributed by atoms with Crippen molar-refractivity contribution < 1.29 is 36.2 Å². The number of aromatic nitrogens is 1. The van der Waals surface area contributed by atoms with E-state index in [0.29, 0.717) is 75.8 Å². The average molecular weight is 609 g/mol. The van der Waals surface area contributed by atoms with Crippen LogP contribution in [0.4, 0.5) is 5.69 Å². The third-order valence-corrected chi connectivity index (χ3v) is 12.3.